The summed E-state index contributed by atoms with van der Waals surface area (Å²) in [6, 6.07) is 4.96. The molecule has 0 saturated heterocycles. The second kappa shape index (κ2) is 10.2. The molecular weight excluding hydrogens is 489 g/mol. The molecule has 0 amide bonds. The van der Waals surface area contributed by atoms with Gasteiger partial charge in [0.15, 0.2) is 0 Å². The average Bonchev–Trinajstić information content (AvgIpc) is 2.79. The quantitative estimate of drug-likeness (QED) is 0.272. The Hall–Kier alpha value is -2.81. The zero-order valence-corrected chi connectivity index (χ0v) is 19.2. The molecule has 0 saturated carbocycles. The van der Waals surface area contributed by atoms with Crippen molar-refractivity contribution >= 4 is 18.2 Å². The van der Waals surface area contributed by atoms with E-state index in [9.17, 15) is 40.5 Å². The average molecular weight is 510 g/mol. The summed E-state index contributed by atoms with van der Waals surface area (Å²) in [7, 11) is -2.78. The van der Waals surface area contributed by atoms with E-state index < -0.39 is 59.0 Å². The SMILES string of the molecule is CCCCP(=O)(C(=O)c1c(OC)cccc1OC)C(=O)c1c(C(F)(F)F)cccc1C(F)(F)F. The highest BCUT2D eigenvalue weighted by atomic mass is 31.2. The Balaban J connectivity index is 2.89. The summed E-state index contributed by atoms with van der Waals surface area (Å²) in [5.74, 6) is -0.400. The third-order valence-electron chi connectivity index (χ3n) is 5.01. The smallest absolute Gasteiger partial charge is 0.417 e. The van der Waals surface area contributed by atoms with E-state index in [1.54, 1.807) is 6.92 Å². The van der Waals surface area contributed by atoms with Crippen molar-refractivity contribution in [2.75, 3.05) is 20.4 Å². The molecule has 0 heterocycles. The molecule has 0 spiro atoms. The van der Waals surface area contributed by atoms with Gasteiger partial charge in [-0.25, -0.2) is 0 Å². The Kier molecular flexibility index (Phi) is 8.24. The van der Waals surface area contributed by atoms with Gasteiger partial charge in [-0.2, -0.15) is 26.3 Å². The van der Waals surface area contributed by atoms with E-state index in [0.717, 1.165) is 14.2 Å². The largest absolute Gasteiger partial charge is 0.496 e. The van der Waals surface area contributed by atoms with Gasteiger partial charge in [0.05, 0.1) is 30.9 Å². The lowest BCUT2D eigenvalue weighted by atomic mass is 10.0. The normalized spacial score (nSPS) is 13.8. The van der Waals surface area contributed by atoms with Gasteiger partial charge in [0.1, 0.15) is 17.1 Å². The van der Waals surface area contributed by atoms with Crippen LogP contribution in [0, 0.1) is 0 Å². The molecular formula is C22H21F6O5P. The zero-order valence-electron chi connectivity index (χ0n) is 18.3. The number of carbonyl (C=O) groups excluding carboxylic acids is 2. The molecule has 2 aromatic carbocycles. The highest BCUT2D eigenvalue weighted by Crippen LogP contribution is 2.57. The van der Waals surface area contributed by atoms with E-state index in [0.29, 0.717) is 6.07 Å². The third kappa shape index (κ3) is 5.29. The van der Waals surface area contributed by atoms with Gasteiger partial charge in [-0.1, -0.05) is 25.5 Å². The van der Waals surface area contributed by atoms with Crippen LogP contribution in [-0.4, -0.2) is 31.4 Å². The van der Waals surface area contributed by atoms with E-state index in [1.165, 1.54) is 18.2 Å². The van der Waals surface area contributed by atoms with Gasteiger partial charge in [0, 0.05) is 6.16 Å². The third-order valence-corrected chi connectivity index (χ3v) is 7.72. The first kappa shape index (κ1) is 27.4. The predicted octanol–water partition coefficient (Wildman–Crippen LogP) is 6.89. The first-order valence-corrected chi connectivity index (χ1v) is 11.8. The number of carbonyl (C=O) groups is 2. The Labute approximate surface area is 191 Å². The van der Waals surface area contributed by atoms with Gasteiger partial charge in [-0.05, 0) is 30.7 Å². The van der Waals surface area contributed by atoms with Crippen LogP contribution in [-0.2, 0) is 16.9 Å². The Bertz CT molecular complexity index is 1070. The molecule has 0 aromatic heterocycles. The second-order valence-corrected chi connectivity index (χ2v) is 9.93. The van der Waals surface area contributed by atoms with Crippen LogP contribution < -0.4 is 9.47 Å². The summed E-state index contributed by atoms with van der Waals surface area (Å²) in [6.07, 6.45) is -11.3. The van der Waals surface area contributed by atoms with Gasteiger partial charge in [-0.3, -0.25) is 9.59 Å². The predicted molar refractivity (Wildman–Crippen MR) is 112 cm³/mol. The van der Waals surface area contributed by atoms with E-state index in [2.05, 4.69) is 0 Å². The second-order valence-electron chi connectivity index (χ2n) is 7.19. The number of ether oxygens (including phenoxy) is 2. The minimum absolute atomic E-state index is 0.0677. The first-order valence-electron chi connectivity index (χ1n) is 9.91. The fourth-order valence-corrected chi connectivity index (χ4v) is 5.89. The number of hydrogen-bond acceptors (Lipinski definition) is 5. The number of methoxy groups -OCH3 is 2. The van der Waals surface area contributed by atoms with E-state index in [1.807, 2.05) is 0 Å². The van der Waals surface area contributed by atoms with E-state index in [4.69, 9.17) is 9.47 Å². The van der Waals surface area contributed by atoms with Crippen molar-refractivity contribution in [3.63, 3.8) is 0 Å². The van der Waals surface area contributed by atoms with Crippen molar-refractivity contribution in [3.05, 3.63) is 58.7 Å². The Morgan fingerprint density at radius 1 is 0.794 bits per heavy atom. The van der Waals surface area contributed by atoms with Crippen molar-refractivity contribution in [3.8, 4) is 11.5 Å². The summed E-state index contributed by atoms with van der Waals surface area (Å²) >= 11 is 0. The number of alkyl halides is 6. The zero-order chi connectivity index (χ0) is 25.9. The van der Waals surface area contributed by atoms with Crippen molar-refractivity contribution in [2.45, 2.75) is 32.1 Å². The molecule has 0 radical (unpaired) electrons. The lowest BCUT2D eigenvalue weighted by Gasteiger charge is -2.23. The van der Waals surface area contributed by atoms with Crippen LogP contribution in [0.15, 0.2) is 36.4 Å². The minimum atomic E-state index is -5.38. The summed E-state index contributed by atoms with van der Waals surface area (Å²) in [5.41, 5.74) is -9.65. The van der Waals surface area contributed by atoms with Crippen LogP contribution in [0.2, 0.25) is 0 Å². The molecule has 0 fully saturated rings. The fourth-order valence-electron chi connectivity index (χ4n) is 3.35. The maximum atomic E-state index is 13.9. The van der Waals surface area contributed by atoms with Crippen molar-refractivity contribution in [1.82, 2.24) is 0 Å². The summed E-state index contributed by atoms with van der Waals surface area (Å²) in [4.78, 5) is 26.8. The number of halogens is 6. The first-order chi connectivity index (χ1) is 15.7. The molecule has 0 bridgehead atoms. The molecule has 2 aromatic rings. The summed E-state index contributed by atoms with van der Waals surface area (Å²) < 4.78 is 106. The van der Waals surface area contributed by atoms with Gasteiger partial charge < -0.3 is 14.0 Å². The number of hydrogen-bond donors (Lipinski definition) is 0. The molecule has 12 heteroatoms. The van der Waals surface area contributed by atoms with Crippen LogP contribution in [0.5, 0.6) is 11.5 Å². The highest BCUT2D eigenvalue weighted by molar-refractivity contribution is 7.95. The maximum Gasteiger partial charge on any atom is 0.417 e. The molecule has 0 aliphatic carbocycles. The van der Waals surface area contributed by atoms with Crippen LogP contribution in [0.4, 0.5) is 26.3 Å². The molecule has 5 nitrogen and oxygen atoms in total. The lowest BCUT2D eigenvalue weighted by molar-refractivity contribution is -0.143. The van der Waals surface area contributed by atoms with Crippen molar-refractivity contribution in [2.24, 2.45) is 0 Å². The molecule has 0 aliphatic heterocycles. The van der Waals surface area contributed by atoms with E-state index >= 15 is 0 Å². The molecule has 1 atom stereocenters. The monoisotopic (exact) mass is 510 g/mol. The van der Waals surface area contributed by atoms with Crippen LogP contribution >= 0.6 is 7.14 Å². The van der Waals surface area contributed by atoms with Gasteiger partial charge in [0.2, 0.25) is 18.2 Å². The van der Waals surface area contributed by atoms with Gasteiger partial charge in [0.25, 0.3) is 0 Å². The van der Waals surface area contributed by atoms with Gasteiger partial charge >= 0.3 is 12.4 Å². The van der Waals surface area contributed by atoms with Gasteiger partial charge in [-0.15, -0.1) is 0 Å². The Morgan fingerprint density at radius 3 is 1.59 bits per heavy atom. The number of rotatable bonds is 9. The van der Waals surface area contributed by atoms with E-state index in [-0.39, 0.29) is 36.5 Å². The number of unbranched alkanes of at least 4 members (excludes halogenated alkanes) is 1. The molecule has 0 aliphatic rings. The highest BCUT2D eigenvalue weighted by Gasteiger charge is 2.50. The standard InChI is InChI=1S/C22H21F6O5P/c1-4-5-12-34(31,20(30)18-15(32-2)10-7-11-16(18)33-3)19(29)17-13(21(23,24)25)8-6-9-14(17)22(26,27)28/h6-11H,4-5,12H2,1-3H3. The van der Waals surface area contributed by atoms with Crippen molar-refractivity contribution in [1.29, 1.82) is 0 Å². The lowest BCUT2D eigenvalue weighted by Crippen LogP contribution is -2.23. The molecule has 186 valence electrons. The van der Waals surface area contributed by atoms with Crippen LogP contribution in [0.1, 0.15) is 51.6 Å². The van der Waals surface area contributed by atoms with Crippen molar-refractivity contribution < 1.29 is 50.0 Å². The fraction of sp³-hybridized carbons (Fsp3) is 0.364. The Morgan fingerprint density at radius 2 is 1.21 bits per heavy atom. The van der Waals surface area contributed by atoms with Crippen LogP contribution in [0.25, 0.3) is 0 Å². The molecule has 34 heavy (non-hydrogen) atoms. The molecule has 1 unspecified atom stereocenters. The topological polar surface area (TPSA) is 69.7 Å². The summed E-state index contributed by atoms with van der Waals surface area (Å²) in [5, 5.41) is 0. The summed E-state index contributed by atoms with van der Waals surface area (Å²) in [6.45, 7) is 1.59. The van der Waals surface area contributed by atoms with Crippen LogP contribution in [0.3, 0.4) is 0 Å². The molecule has 2 rings (SSSR count). The minimum Gasteiger partial charge on any atom is -0.496 e. The maximum absolute atomic E-state index is 13.9. The number of benzene rings is 2. The molecule has 0 N–H and O–H groups in total.